The second kappa shape index (κ2) is 6.37. The highest BCUT2D eigenvalue weighted by molar-refractivity contribution is 5.57. The van der Waals surface area contributed by atoms with E-state index in [1.165, 1.54) is 0 Å². The zero-order chi connectivity index (χ0) is 16.4. The largest absolute Gasteiger partial charge is 0.506 e. The Kier molecular flexibility index (Phi) is 3.92. The number of hydrogen-bond donors (Lipinski definition) is 1. The monoisotopic (exact) mass is 326 g/mol. The molecular weight excluding hydrogens is 308 g/mol. The minimum absolute atomic E-state index is 0.325. The number of anilines is 1. The quantitative estimate of drug-likeness (QED) is 0.788. The van der Waals surface area contributed by atoms with Crippen LogP contribution in [0.1, 0.15) is 5.89 Å². The number of phenols is 1. The fourth-order valence-corrected chi connectivity index (χ4v) is 2.89. The number of para-hydroxylation sites is 2. The molecule has 0 spiro atoms. The van der Waals surface area contributed by atoms with Gasteiger partial charge >= 0.3 is 0 Å². The highest BCUT2D eigenvalue weighted by Crippen LogP contribution is 2.27. The first-order valence-corrected chi connectivity index (χ1v) is 7.91. The van der Waals surface area contributed by atoms with Crippen LogP contribution in [0.25, 0.3) is 11.6 Å². The molecule has 2 aromatic heterocycles. The molecule has 1 aliphatic heterocycles. The summed E-state index contributed by atoms with van der Waals surface area (Å²) in [5.74, 6) is 1.99. The van der Waals surface area contributed by atoms with E-state index in [1.54, 1.807) is 24.5 Å². The third kappa shape index (κ3) is 2.98. The Morgan fingerprint density at radius 1 is 1.04 bits per heavy atom. The van der Waals surface area contributed by atoms with E-state index in [9.17, 15) is 5.11 Å². The van der Waals surface area contributed by atoms with Gasteiger partial charge in [0.2, 0.25) is 11.7 Å². The molecule has 1 aliphatic rings. The van der Waals surface area contributed by atoms with Crippen molar-refractivity contribution < 1.29 is 14.0 Å². The fraction of sp³-hybridized carbons (Fsp3) is 0.294. The molecule has 0 radical (unpaired) electrons. The van der Waals surface area contributed by atoms with Gasteiger partial charge in [-0.2, -0.15) is 4.98 Å². The van der Waals surface area contributed by atoms with E-state index in [-0.39, 0.29) is 0 Å². The average Bonchev–Trinajstić information content (AvgIpc) is 3.27. The van der Waals surface area contributed by atoms with Gasteiger partial charge in [0.05, 0.1) is 18.5 Å². The molecule has 0 saturated carbocycles. The summed E-state index contributed by atoms with van der Waals surface area (Å²) >= 11 is 0. The van der Waals surface area contributed by atoms with Crippen LogP contribution in [-0.4, -0.2) is 46.3 Å². The van der Waals surface area contributed by atoms with Crippen molar-refractivity contribution in [2.75, 3.05) is 31.1 Å². The molecule has 1 fully saturated rings. The maximum Gasteiger partial charge on any atom is 0.241 e. The first-order valence-electron chi connectivity index (χ1n) is 7.91. The molecule has 1 aromatic carbocycles. The normalized spacial score (nSPS) is 15.8. The van der Waals surface area contributed by atoms with Gasteiger partial charge in [-0.05, 0) is 24.3 Å². The topological polar surface area (TPSA) is 78.8 Å². The number of rotatable bonds is 4. The summed E-state index contributed by atoms with van der Waals surface area (Å²) < 4.78 is 10.6. The van der Waals surface area contributed by atoms with Gasteiger partial charge in [0, 0.05) is 26.2 Å². The third-order valence-electron chi connectivity index (χ3n) is 4.16. The summed E-state index contributed by atoms with van der Waals surface area (Å²) in [7, 11) is 0. The molecule has 24 heavy (non-hydrogen) atoms. The van der Waals surface area contributed by atoms with Gasteiger partial charge in [0.15, 0.2) is 5.76 Å². The van der Waals surface area contributed by atoms with Gasteiger partial charge in [-0.15, -0.1) is 0 Å². The fourth-order valence-electron chi connectivity index (χ4n) is 2.89. The lowest BCUT2D eigenvalue weighted by molar-refractivity contribution is 0.215. The molecule has 0 unspecified atom stereocenters. The van der Waals surface area contributed by atoms with E-state index in [2.05, 4.69) is 19.9 Å². The number of piperazine rings is 1. The summed E-state index contributed by atoms with van der Waals surface area (Å²) in [6, 6.07) is 11.0. The molecule has 4 rings (SSSR count). The van der Waals surface area contributed by atoms with Crippen molar-refractivity contribution in [3.63, 3.8) is 0 Å². The Labute approximate surface area is 139 Å². The van der Waals surface area contributed by atoms with Crippen molar-refractivity contribution in [3.05, 3.63) is 48.6 Å². The van der Waals surface area contributed by atoms with Crippen LogP contribution in [0.15, 0.2) is 51.6 Å². The first-order chi connectivity index (χ1) is 11.8. The van der Waals surface area contributed by atoms with Crippen molar-refractivity contribution >= 4 is 5.69 Å². The maximum absolute atomic E-state index is 9.96. The second-order valence-corrected chi connectivity index (χ2v) is 5.74. The van der Waals surface area contributed by atoms with Crippen LogP contribution in [0.5, 0.6) is 5.75 Å². The molecule has 7 heteroatoms. The van der Waals surface area contributed by atoms with E-state index < -0.39 is 0 Å². The number of aromatic hydroxyl groups is 1. The van der Waals surface area contributed by atoms with Crippen molar-refractivity contribution in [2.45, 2.75) is 6.54 Å². The number of nitrogens with zero attached hydrogens (tertiary/aromatic N) is 4. The summed E-state index contributed by atoms with van der Waals surface area (Å²) in [6.45, 7) is 4.04. The highest BCUT2D eigenvalue weighted by Gasteiger charge is 2.21. The van der Waals surface area contributed by atoms with Gasteiger partial charge in [-0.3, -0.25) is 4.90 Å². The van der Waals surface area contributed by atoms with Gasteiger partial charge in [0.25, 0.3) is 0 Å². The SMILES string of the molecule is Oc1ccccc1N1CCN(Cc2nc(-c3ccco3)no2)CC1. The number of phenolic OH excluding ortho intramolecular Hbond substituents is 1. The van der Waals surface area contributed by atoms with Crippen LogP contribution in [0, 0.1) is 0 Å². The van der Waals surface area contributed by atoms with E-state index in [4.69, 9.17) is 8.94 Å². The van der Waals surface area contributed by atoms with Crippen LogP contribution >= 0.6 is 0 Å². The molecule has 0 amide bonds. The standard InChI is InChI=1S/C17H18N4O3/c22-14-5-2-1-4-13(14)21-9-7-20(8-10-21)12-16-18-17(19-24-16)15-6-3-11-23-15/h1-6,11,22H,7-10,12H2. The van der Waals surface area contributed by atoms with Crippen molar-refractivity contribution in [2.24, 2.45) is 0 Å². The molecule has 0 atom stereocenters. The molecule has 1 N–H and O–H groups in total. The Balaban J connectivity index is 1.36. The van der Waals surface area contributed by atoms with Crippen LogP contribution in [0.4, 0.5) is 5.69 Å². The van der Waals surface area contributed by atoms with Crippen molar-refractivity contribution in [1.82, 2.24) is 15.0 Å². The third-order valence-corrected chi connectivity index (χ3v) is 4.16. The molecule has 0 bridgehead atoms. The number of hydrogen-bond acceptors (Lipinski definition) is 7. The van der Waals surface area contributed by atoms with Crippen LogP contribution in [-0.2, 0) is 6.54 Å². The Morgan fingerprint density at radius 3 is 2.62 bits per heavy atom. The number of furan rings is 1. The van der Waals surface area contributed by atoms with E-state index in [1.807, 2.05) is 18.2 Å². The smallest absolute Gasteiger partial charge is 0.241 e. The predicted octanol–water partition coefficient (Wildman–Crippen LogP) is 2.36. The minimum atomic E-state index is 0.325. The zero-order valence-corrected chi connectivity index (χ0v) is 13.1. The van der Waals surface area contributed by atoms with Crippen molar-refractivity contribution in [3.8, 4) is 17.3 Å². The zero-order valence-electron chi connectivity index (χ0n) is 13.1. The predicted molar refractivity (Wildman–Crippen MR) is 87.6 cm³/mol. The van der Waals surface area contributed by atoms with Crippen LogP contribution in [0.2, 0.25) is 0 Å². The van der Waals surface area contributed by atoms with Crippen LogP contribution in [0.3, 0.4) is 0 Å². The average molecular weight is 326 g/mol. The van der Waals surface area contributed by atoms with E-state index in [0.29, 0.717) is 29.8 Å². The first kappa shape index (κ1) is 14.8. The molecular formula is C17H18N4O3. The van der Waals surface area contributed by atoms with E-state index in [0.717, 1.165) is 31.9 Å². The maximum atomic E-state index is 9.96. The Bertz CT molecular complexity index is 792. The number of benzene rings is 1. The second-order valence-electron chi connectivity index (χ2n) is 5.74. The molecule has 7 nitrogen and oxygen atoms in total. The van der Waals surface area contributed by atoms with Gasteiger partial charge in [-0.25, -0.2) is 0 Å². The van der Waals surface area contributed by atoms with Gasteiger partial charge in [-0.1, -0.05) is 17.3 Å². The minimum Gasteiger partial charge on any atom is -0.506 e. The van der Waals surface area contributed by atoms with Crippen molar-refractivity contribution in [1.29, 1.82) is 0 Å². The molecule has 3 heterocycles. The summed E-state index contributed by atoms with van der Waals surface area (Å²) in [6.07, 6.45) is 1.59. The molecule has 3 aromatic rings. The van der Waals surface area contributed by atoms with Crippen LogP contribution < -0.4 is 4.90 Å². The molecule has 0 aliphatic carbocycles. The lowest BCUT2D eigenvalue weighted by atomic mass is 10.2. The van der Waals surface area contributed by atoms with Gasteiger partial charge in [0.1, 0.15) is 5.75 Å². The highest BCUT2D eigenvalue weighted by atomic mass is 16.5. The summed E-state index contributed by atoms with van der Waals surface area (Å²) in [5, 5.41) is 13.9. The Morgan fingerprint density at radius 2 is 1.88 bits per heavy atom. The lowest BCUT2D eigenvalue weighted by Gasteiger charge is -2.35. The van der Waals surface area contributed by atoms with E-state index >= 15 is 0 Å². The Hall–Kier alpha value is -2.80. The molecule has 1 saturated heterocycles. The van der Waals surface area contributed by atoms with Gasteiger partial charge < -0.3 is 18.9 Å². The lowest BCUT2D eigenvalue weighted by Crippen LogP contribution is -2.46. The number of aromatic nitrogens is 2. The summed E-state index contributed by atoms with van der Waals surface area (Å²) in [4.78, 5) is 8.82. The summed E-state index contributed by atoms with van der Waals surface area (Å²) in [5.41, 5.74) is 0.884. The molecule has 124 valence electrons.